The molecule has 0 spiro atoms. The van der Waals surface area contributed by atoms with Crippen LogP contribution in [0.2, 0.25) is 0 Å². The standard InChI is InChI=1S/C25H18FN3O2S/c26-20-10-8-16(9-11-20)18-6-7-19-15-29(24(31)21(19)14-18)22(17-4-2-1-3-5-17)23(30)28-25-27-12-13-32-25/h1-14,22H,15H2,(H,27,28,30)/t22-/m1/s1. The molecule has 32 heavy (non-hydrogen) atoms. The van der Waals surface area contributed by atoms with Crippen molar-refractivity contribution >= 4 is 28.3 Å². The number of carbonyl (C=O) groups excluding carboxylic acids is 2. The maximum Gasteiger partial charge on any atom is 0.255 e. The number of nitrogens with one attached hydrogen (secondary N) is 1. The predicted molar refractivity (Wildman–Crippen MR) is 122 cm³/mol. The van der Waals surface area contributed by atoms with Crippen molar-refractivity contribution in [1.29, 1.82) is 0 Å². The Labute approximate surface area is 188 Å². The normalized spacial score (nSPS) is 13.7. The lowest BCUT2D eigenvalue weighted by molar-refractivity contribution is -0.120. The summed E-state index contributed by atoms with van der Waals surface area (Å²) in [7, 11) is 0. The highest BCUT2D eigenvalue weighted by molar-refractivity contribution is 7.13. The number of hydrogen-bond donors (Lipinski definition) is 1. The van der Waals surface area contributed by atoms with Crippen LogP contribution in [-0.4, -0.2) is 21.7 Å². The summed E-state index contributed by atoms with van der Waals surface area (Å²) in [6, 6.07) is 20.2. The number of rotatable bonds is 5. The summed E-state index contributed by atoms with van der Waals surface area (Å²) in [5.74, 6) is -0.840. The summed E-state index contributed by atoms with van der Waals surface area (Å²) in [5, 5.41) is 5.09. The van der Waals surface area contributed by atoms with Crippen molar-refractivity contribution in [3.8, 4) is 11.1 Å². The number of halogens is 1. The summed E-state index contributed by atoms with van der Waals surface area (Å²) >= 11 is 1.32. The van der Waals surface area contributed by atoms with Crippen LogP contribution in [0.5, 0.6) is 0 Å². The van der Waals surface area contributed by atoms with E-state index in [1.165, 1.54) is 23.5 Å². The Bertz CT molecular complexity index is 1270. The van der Waals surface area contributed by atoms with Crippen LogP contribution < -0.4 is 5.32 Å². The first-order valence-corrected chi connectivity index (χ1v) is 10.9. The summed E-state index contributed by atoms with van der Waals surface area (Å²) < 4.78 is 13.3. The largest absolute Gasteiger partial charge is 0.318 e. The molecule has 5 rings (SSSR count). The van der Waals surface area contributed by atoms with Crippen LogP contribution in [0, 0.1) is 5.82 Å². The van der Waals surface area contributed by atoms with Crippen molar-refractivity contribution in [1.82, 2.24) is 9.88 Å². The van der Waals surface area contributed by atoms with Gasteiger partial charge in [-0.15, -0.1) is 11.3 Å². The van der Waals surface area contributed by atoms with E-state index < -0.39 is 6.04 Å². The number of carbonyl (C=O) groups is 2. The Hall–Kier alpha value is -3.84. The molecule has 1 aromatic heterocycles. The number of nitrogens with zero attached hydrogens (tertiary/aromatic N) is 2. The second-order valence-corrected chi connectivity index (χ2v) is 8.35. The van der Waals surface area contributed by atoms with Crippen LogP contribution in [0.4, 0.5) is 9.52 Å². The second-order valence-electron chi connectivity index (χ2n) is 7.45. The van der Waals surface area contributed by atoms with E-state index in [4.69, 9.17) is 0 Å². The quantitative estimate of drug-likeness (QED) is 0.456. The molecule has 5 nitrogen and oxygen atoms in total. The lowest BCUT2D eigenvalue weighted by Crippen LogP contribution is -2.37. The second kappa shape index (κ2) is 8.36. The van der Waals surface area contributed by atoms with Crippen molar-refractivity contribution in [3.63, 3.8) is 0 Å². The van der Waals surface area contributed by atoms with Crippen molar-refractivity contribution in [3.05, 3.63) is 107 Å². The van der Waals surface area contributed by atoms with E-state index >= 15 is 0 Å². The highest BCUT2D eigenvalue weighted by Gasteiger charge is 2.37. The molecular weight excluding hydrogens is 425 g/mol. The lowest BCUT2D eigenvalue weighted by Gasteiger charge is -2.27. The number of aromatic nitrogens is 1. The average molecular weight is 444 g/mol. The summed E-state index contributed by atoms with van der Waals surface area (Å²) in [6.45, 7) is 0.322. The highest BCUT2D eigenvalue weighted by Crippen LogP contribution is 2.34. The minimum Gasteiger partial charge on any atom is -0.318 e. The third-order valence-electron chi connectivity index (χ3n) is 5.46. The van der Waals surface area contributed by atoms with Crippen LogP contribution >= 0.6 is 11.3 Å². The Balaban J connectivity index is 1.48. The molecule has 1 aliphatic rings. The van der Waals surface area contributed by atoms with Crippen molar-refractivity contribution < 1.29 is 14.0 Å². The zero-order valence-electron chi connectivity index (χ0n) is 16.9. The summed E-state index contributed by atoms with van der Waals surface area (Å²) in [6.07, 6.45) is 1.62. The Morgan fingerprint density at radius 3 is 2.50 bits per heavy atom. The molecule has 0 aliphatic carbocycles. The van der Waals surface area contributed by atoms with Gasteiger partial charge in [0, 0.05) is 23.7 Å². The van der Waals surface area contributed by atoms with E-state index in [0.717, 1.165) is 22.3 Å². The smallest absolute Gasteiger partial charge is 0.255 e. The minimum absolute atomic E-state index is 0.216. The Kier molecular flexibility index (Phi) is 5.25. The van der Waals surface area contributed by atoms with Gasteiger partial charge in [0.25, 0.3) is 11.8 Å². The molecule has 7 heteroatoms. The zero-order chi connectivity index (χ0) is 22.1. The fourth-order valence-corrected chi connectivity index (χ4v) is 4.45. The van der Waals surface area contributed by atoms with Gasteiger partial charge in [-0.05, 0) is 40.5 Å². The first kappa shape index (κ1) is 20.1. The molecule has 2 amide bonds. The molecule has 158 valence electrons. The molecule has 0 saturated carbocycles. The Morgan fingerprint density at radius 1 is 1.03 bits per heavy atom. The van der Waals surface area contributed by atoms with Crippen LogP contribution in [0.3, 0.4) is 0 Å². The van der Waals surface area contributed by atoms with Gasteiger partial charge >= 0.3 is 0 Å². The van der Waals surface area contributed by atoms with Crippen LogP contribution in [0.25, 0.3) is 11.1 Å². The summed E-state index contributed by atoms with van der Waals surface area (Å²) in [4.78, 5) is 32.4. The van der Waals surface area contributed by atoms with E-state index in [2.05, 4.69) is 10.3 Å². The Morgan fingerprint density at radius 2 is 1.78 bits per heavy atom. The van der Waals surface area contributed by atoms with Gasteiger partial charge in [-0.3, -0.25) is 14.9 Å². The molecule has 0 radical (unpaired) electrons. The number of thiazole rings is 1. The van der Waals surface area contributed by atoms with Gasteiger partial charge in [0.2, 0.25) is 0 Å². The summed E-state index contributed by atoms with van der Waals surface area (Å²) in [5.41, 5.74) is 3.77. The van der Waals surface area contributed by atoms with Gasteiger partial charge < -0.3 is 4.90 Å². The van der Waals surface area contributed by atoms with Crippen molar-refractivity contribution in [2.24, 2.45) is 0 Å². The van der Waals surface area contributed by atoms with Gasteiger partial charge in [-0.25, -0.2) is 9.37 Å². The first-order chi connectivity index (χ1) is 15.6. The molecule has 3 aromatic carbocycles. The fraction of sp³-hybridized carbons (Fsp3) is 0.0800. The number of anilines is 1. The van der Waals surface area contributed by atoms with Gasteiger partial charge in [0.1, 0.15) is 11.9 Å². The maximum atomic E-state index is 13.4. The van der Waals surface area contributed by atoms with E-state index in [1.807, 2.05) is 48.5 Å². The van der Waals surface area contributed by atoms with Gasteiger partial charge in [-0.1, -0.05) is 54.6 Å². The fourth-order valence-electron chi connectivity index (χ4n) is 3.92. The number of amides is 2. The molecule has 1 N–H and O–H groups in total. The van der Waals surface area contributed by atoms with Gasteiger partial charge in [0.05, 0.1) is 0 Å². The third-order valence-corrected chi connectivity index (χ3v) is 6.15. The lowest BCUT2D eigenvalue weighted by atomic mass is 10.0. The maximum absolute atomic E-state index is 13.4. The molecule has 0 unspecified atom stereocenters. The first-order valence-electron chi connectivity index (χ1n) is 10.1. The van der Waals surface area contributed by atoms with E-state index in [9.17, 15) is 14.0 Å². The predicted octanol–water partition coefficient (Wildman–Crippen LogP) is 5.29. The molecule has 0 fully saturated rings. The van der Waals surface area contributed by atoms with Gasteiger partial charge in [-0.2, -0.15) is 0 Å². The molecule has 0 bridgehead atoms. The van der Waals surface area contributed by atoms with Crippen LogP contribution in [-0.2, 0) is 11.3 Å². The minimum atomic E-state index is -0.797. The number of benzene rings is 3. The molecular formula is C25H18FN3O2S. The van der Waals surface area contributed by atoms with Gasteiger partial charge in [0.15, 0.2) is 5.13 Å². The molecule has 1 atom stereocenters. The number of fused-ring (bicyclic) bond motifs is 1. The zero-order valence-corrected chi connectivity index (χ0v) is 17.7. The van der Waals surface area contributed by atoms with E-state index in [0.29, 0.717) is 17.2 Å². The highest BCUT2D eigenvalue weighted by atomic mass is 32.1. The van der Waals surface area contributed by atoms with Crippen LogP contribution in [0.1, 0.15) is 27.5 Å². The monoisotopic (exact) mass is 443 g/mol. The number of hydrogen-bond acceptors (Lipinski definition) is 4. The van der Waals surface area contributed by atoms with E-state index in [-0.39, 0.29) is 17.6 Å². The SMILES string of the molecule is O=C(Nc1nccs1)[C@@H](c1ccccc1)N1Cc2ccc(-c3ccc(F)cc3)cc2C1=O. The molecule has 1 aliphatic heterocycles. The van der Waals surface area contributed by atoms with E-state index in [1.54, 1.807) is 28.6 Å². The molecule has 4 aromatic rings. The third kappa shape index (κ3) is 3.78. The van der Waals surface area contributed by atoms with Crippen molar-refractivity contribution in [2.45, 2.75) is 12.6 Å². The molecule has 0 saturated heterocycles. The van der Waals surface area contributed by atoms with Crippen LogP contribution in [0.15, 0.2) is 84.4 Å². The topological polar surface area (TPSA) is 62.3 Å². The van der Waals surface area contributed by atoms with Crippen molar-refractivity contribution in [2.75, 3.05) is 5.32 Å². The molecule has 2 heterocycles. The average Bonchev–Trinajstić information content (AvgIpc) is 3.43.